The highest BCUT2D eigenvalue weighted by atomic mass is 16.2. The maximum atomic E-state index is 11.3. The summed E-state index contributed by atoms with van der Waals surface area (Å²) in [4.78, 5) is 22.3. The fraction of sp³-hybridized carbons (Fsp3) is 0.333. The van der Waals surface area contributed by atoms with Crippen LogP contribution in [0.3, 0.4) is 0 Å². The van der Waals surface area contributed by atoms with Gasteiger partial charge in [-0.2, -0.15) is 0 Å². The Morgan fingerprint density at radius 2 is 1.95 bits per heavy atom. The zero-order chi connectivity index (χ0) is 14.6. The third-order valence-corrected chi connectivity index (χ3v) is 3.19. The van der Waals surface area contributed by atoms with Crippen molar-refractivity contribution in [1.29, 1.82) is 0 Å². The van der Waals surface area contributed by atoms with E-state index in [9.17, 15) is 9.59 Å². The highest BCUT2D eigenvalue weighted by Gasteiger charge is 2.17. The van der Waals surface area contributed by atoms with Crippen molar-refractivity contribution in [2.24, 2.45) is 0 Å². The van der Waals surface area contributed by atoms with Crippen molar-refractivity contribution in [3.8, 4) is 0 Å². The third kappa shape index (κ3) is 3.22. The van der Waals surface area contributed by atoms with Gasteiger partial charge < -0.3 is 11.1 Å². The summed E-state index contributed by atoms with van der Waals surface area (Å²) in [6, 6.07) is 0. The van der Waals surface area contributed by atoms with E-state index >= 15 is 0 Å². The van der Waals surface area contributed by atoms with Crippen molar-refractivity contribution in [2.45, 2.75) is 27.2 Å². The number of nitrogens with one attached hydrogen (secondary N) is 1. The van der Waals surface area contributed by atoms with E-state index in [4.69, 9.17) is 5.73 Å². The van der Waals surface area contributed by atoms with Crippen LogP contribution in [0.5, 0.6) is 0 Å². The van der Waals surface area contributed by atoms with Crippen LogP contribution < -0.4 is 21.9 Å². The van der Waals surface area contributed by atoms with E-state index in [1.54, 1.807) is 6.08 Å². The van der Waals surface area contributed by atoms with Crippen LogP contribution >= 0.6 is 0 Å². The SMILES string of the molecule is C=C/C(C)=C(\C=C(/C)CC)CNc1c(N)c(=O)c1=O. The number of hydrogen-bond acceptors (Lipinski definition) is 4. The lowest BCUT2D eigenvalue weighted by molar-refractivity contribution is 1.08. The zero-order valence-corrected chi connectivity index (χ0v) is 11.7. The molecule has 0 aliphatic rings. The summed E-state index contributed by atoms with van der Waals surface area (Å²) >= 11 is 0. The summed E-state index contributed by atoms with van der Waals surface area (Å²) in [6.07, 6.45) is 4.78. The molecule has 3 N–H and O–H groups in total. The van der Waals surface area contributed by atoms with Gasteiger partial charge in [0.25, 0.3) is 10.9 Å². The second kappa shape index (κ2) is 6.18. The molecule has 102 valence electrons. The van der Waals surface area contributed by atoms with E-state index in [0.29, 0.717) is 6.54 Å². The summed E-state index contributed by atoms with van der Waals surface area (Å²) in [6.45, 7) is 10.3. The molecule has 0 fully saturated rings. The molecule has 0 heterocycles. The molecule has 0 amide bonds. The molecule has 4 nitrogen and oxygen atoms in total. The van der Waals surface area contributed by atoms with Crippen LogP contribution in [0.25, 0.3) is 0 Å². The van der Waals surface area contributed by atoms with Gasteiger partial charge in [0.2, 0.25) is 0 Å². The Bertz CT molecular complexity index is 614. The van der Waals surface area contributed by atoms with E-state index in [0.717, 1.165) is 17.6 Å². The van der Waals surface area contributed by atoms with Gasteiger partial charge in [-0.1, -0.05) is 31.2 Å². The molecule has 0 unspecified atom stereocenters. The summed E-state index contributed by atoms with van der Waals surface area (Å²) in [5.41, 5.74) is 7.87. The van der Waals surface area contributed by atoms with Crippen molar-refractivity contribution in [3.63, 3.8) is 0 Å². The number of allylic oxidation sites excluding steroid dienone is 3. The molecular weight excluding hydrogens is 240 g/mol. The van der Waals surface area contributed by atoms with Crippen LogP contribution in [0.2, 0.25) is 0 Å². The highest BCUT2D eigenvalue weighted by Crippen LogP contribution is 2.15. The summed E-state index contributed by atoms with van der Waals surface area (Å²) in [5.74, 6) is 0. The minimum absolute atomic E-state index is 0.0248. The van der Waals surface area contributed by atoms with Gasteiger partial charge in [0.1, 0.15) is 11.4 Å². The minimum atomic E-state index is -0.603. The number of anilines is 2. The third-order valence-electron chi connectivity index (χ3n) is 3.19. The molecule has 0 saturated heterocycles. The topological polar surface area (TPSA) is 72.2 Å². The van der Waals surface area contributed by atoms with Gasteiger partial charge >= 0.3 is 0 Å². The fourth-order valence-electron chi connectivity index (χ4n) is 1.60. The van der Waals surface area contributed by atoms with Crippen molar-refractivity contribution in [2.75, 3.05) is 17.6 Å². The number of hydrogen-bond donors (Lipinski definition) is 2. The van der Waals surface area contributed by atoms with Crippen molar-refractivity contribution in [1.82, 2.24) is 0 Å². The molecule has 0 aliphatic heterocycles. The maximum absolute atomic E-state index is 11.3. The van der Waals surface area contributed by atoms with E-state index < -0.39 is 10.9 Å². The lowest BCUT2D eigenvalue weighted by Crippen LogP contribution is -2.37. The standard InChI is InChI=1S/C15H20N2O2/c1-5-9(3)7-11(10(4)6-2)8-17-13-12(16)14(18)15(13)19/h6-7,17H,2,5,8,16H2,1,3-4H3/b9-7+,11-10+. The molecule has 19 heavy (non-hydrogen) atoms. The first-order valence-corrected chi connectivity index (χ1v) is 6.24. The van der Waals surface area contributed by atoms with Crippen LogP contribution in [-0.4, -0.2) is 6.54 Å². The molecule has 0 atom stereocenters. The van der Waals surface area contributed by atoms with Gasteiger partial charge in [0.05, 0.1) is 0 Å². The first-order valence-electron chi connectivity index (χ1n) is 6.24. The van der Waals surface area contributed by atoms with Gasteiger partial charge in [-0.25, -0.2) is 0 Å². The molecule has 1 rings (SSSR count). The predicted molar refractivity (Wildman–Crippen MR) is 81.2 cm³/mol. The van der Waals surface area contributed by atoms with Crippen LogP contribution in [-0.2, 0) is 0 Å². The Morgan fingerprint density at radius 3 is 2.42 bits per heavy atom. The minimum Gasteiger partial charge on any atom is -0.394 e. The Balaban J connectivity index is 2.91. The van der Waals surface area contributed by atoms with Crippen LogP contribution in [0.15, 0.2) is 45.0 Å². The summed E-state index contributed by atoms with van der Waals surface area (Å²) < 4.78 is 0. The van der Waals surface area contributed by atoms with E-state index in [1.165, 1.54) is 5.57 Å². The van der Waals surface area contributed by atoms with Crippen molar-refractivity contribution >= 4 is 11.4 Å². The molecular formula is C15H20N2O2. The predicted octanol–water partition coefficient (Wildman–Crippen LogP) is 2.14. The summed E-state index contributed by atoms with van der Waals surface area (Å²) in [5, 5.41) is 2.93. The monoisotopic (exact) mass is 260 g/mol. The molecule has 1 aromatic carbocycles. The van der Waals surface area contributed by atoms with Gasteiger partial charge in [0.15, 0.2) is 0 Å². The highest BCUT2D eigenvalue weighted by molar-refractivity contribution is 5.71. The summed E-state index contributed by atoms with van der Waals surface area (Å²) in [7, 11) is 0. The van der Waals surface area contributed by atoms with Crippen LogP contribution in [0.4, 0.5) is 11.4 Å². The molecule has 0 saturated carbocycles. The van der Waals surface area contributed by atoms with E-state index in [2.05, 4.69) is 24.9 Å². The second-order valence-corrected chi connectivity index (χ2v) is 4.56. The van der Waals surface area contributed by atoms with Crippen molar-refractivity contribution < 1.29 is 0 Å². The quantitative estimate of drug-likeness (QED) is 0.607. The fourth-order valence-corrected chi connectivity index (χ4v) is 1.60. The number of nitrogen functional groups attached to an aromatic ring is 1. The van der Waals surface area contributed by atoms with Gasteiger partial charge in [-0.15, -0.1) is 0 Å². The van der Waals surface area contributed by atoms with Gasteiger partial charge in [0, 0.05) is 6.54 Å². The molecule has 0 bridgehead atoms. The Hall–Kier alpha value is -2.10. The molecule has 0 radical (unpaired) electrons. The van der Waals surface area contributed by atoms with E-state index in [-0.39, 0.29) is 11.4 Å². The maximum Gasteiger partial charge on any atom is 0.253 e. The number of nitrogens with two attached hydrogens (primary N) is 1. The average molecular weight is 260 g/mol. The number of rotatable bonds is 6. The van der Waals surface area contributed by atoms with Crippen LogP contribution in [0.1, 0.15) is 27.2 Å². The van der Waals surface area contributed by atoms with Crippen molar-refractivity contribution in [3.05, 3.63) is 55.9 Å². The second-order valence-electron chi connectivity index (χ2n) is 4.56. The molecule has 4 heteroatoms. The Labute approximate surface area is 113 Å². The lowest BCUT2D eigenvalue weighted by Gasteiger charge is -2.12. The Kier molecular flexibility index (Phi) is 4.87. The molecule has 1 aromatic rings. The molecule has 0 spiro atoms. The van der Waals surface area contributed by atoms with Gasteiger partial charge in [-0.05, 0) is 31.4 Å². The smallest absolute Gasteiger partial charge is 0.253 e. The molecule has 0 aliphatic carbocycles. The first kappa shape index (κ1) is 15.0. The largest absolute Gasteiger partial charge is 0.394 e. The molecule has 0 aromatic heterocycles. The normalized spacial score (nSPS) is 13.3. The van der Waals surface area contributed by atoms with E-state index in [1.807, 2.05) is 13.8 Å². The average Bonchev–Trinajstić information content (AvgIpc) is 2.44. The zero-order valence-electron chi connectivity index (χ0n) is 11.7. The Morgan fingerprint density at radius 1 is 1.32 bits per heavy atom. The van der Waals surface area contributed by atoms with Gasteiger partial charge in [-0.3, -0.25) is 9.59 Å². The van der Waals surface area contributed by atoms with Crippen LogP contribution in [0, 0.1) is 0 Å². The lowest BCUT2D eigenvalue weighted by atomic mass is 10.0. The first-order chi connectivity index (χ1) is 8.92.